The van der Waals surface area contributed by atoms with Crippen LogP contribution in [0.3, 0.4) is 0 Å². The summed E-state index contributed by atoms with van der Waals surface area (Å²) in [5.74, 6) is 0.523. The lowest BCUT2D eigenvalue weighted by molar-refractivity contribution is 0.0600. The van der Waals surface area contributed by atoms with Crippen LogP contribution in [0.5, 0.6) is 0 Å². The molecule has 2 aromatic rings. The number of methoxy groups -OCH3 is 1. The molecule has 1 heterocycles. The van der Waals surface area contributed by atoms with Gasteiger partial charge in [-0.1, -0.05) is 61.2 Å². The minimum Gasteiger partial charge on any atom is -0.465 e. The van der Waals surface area contributed by atoms with E-state index in [1.165, 1.54) is 18.2 Å². The summed E-state index contributed by atoms with van der Waals surface area (Å²) in [7, 11) is 1.37. The maximum Gasteiger partial charge on any atom is 0.337 e. The third-order valence-electron chi connectivity index (χ3n) is 3.59. The van der Waals surface area contributed by atoms with Gasteiger partial charge in [0.2, 0.25) is 0 Å². The fourth-order valence-corrected chi connectivity index (χ4v) is 2.84. The third kappa shape index (κ3) is 5.47. The van der Waals surface area contributed by atoms with Gasteiger partial charge in [0.15, 0.2) is 0 Å². The molecule has 0 unspecified atom stereocenters. The first-order chi connectivity index (χ1) is 12.0. The summed E-state index contributed by atoms with van der Waals surface area (Å²) in [6.07, 6.45) is 1.85. The predicted molar refractivity (Wildman–Crippen MR) is 107 cm³/mol. The Bertz CT molecular complexity index is 790. The number of esters is 1. The molecule has 25 heavy (non-hydrogen) atoms. The third-order valence-corrected chi connectivity index (χ3v) is 4.43. The van der Waals surface area contributed by atoms with Crippen molar-refractivity contribution in [3.63, 3.8) is 0 Å². The van der Waals surface area contributed by atoms with E-state index in [9.17, 15) is 4.79 Å². The van der Waals surface area contributed by atoms with E-state index >= 15 is 0 Å². The first-order valence-corrected chi connectivity index (χ1v) is 8.79. The number of benzene rings is 2. The highest BCUT2D eigenvalue weighted by molar-refractivity contribution is 8.04. The molecule has 2 aromatic carbocycles. The molecule has 0 amide bonds. The second kappa shape index (κ2) is 9.04. The van der Waals surface area contributed by atoms with Crippen molar-refractivity contribution in [2.45, 2.75) is 6.92 Å². The number of aryl methyl sites for hydroxylation is 1. The smallest absolute Gasteiger partial charge is 0.337 e. The molecule has 1 aliphatic heterocycles. The van der Waals surface area contributed by atoms with Crippen molar-refractivity contribution in [1.29, 1.82) is 0 Å². The minimum atomic E-state index is -0.321. The Kier molecular flexibility index (Phi) is 6.78. The van der Waals surface area contributed by atoms with E-state index in [-0.39, 0.29) is 5.97 Å². The molecule has 0 saturated heterocycles. The number of hydrogen-bond acceptors (Lipinski definition) is 4. The second-order valence-corrected chi connectivity index (χ2v) is 6.47. The van der Waals surface area contributed by atoms with Gasteiger partial charge in [0.1, 0.15) is 0 Å². The number of hydrogen-bond donors (Lipinski definition) is 0. The summed E-state index contributed by atoms with van der Waals surface area (Å²) in [5, 5.41) is 0.840. The molecule has 128 valence electrons. The SMILES string of the molecule is C=C1N=C(c2ccc(C(=O)OC)cc2)CS1.C=Cc1ccc(C)cc1. The lowest BCUT2D eigenvalue weighted by Crippen LogP contribution is -2.03. The summed E-state index contributed by atoms with van der Waals surface area (Å²) >= 11 is 1.63. The molecule has 0 saturated carbocycles. The van der Waals surface area contributed by atoms with Crippen LogP contribution in [0.4, 0.5) is 0 Å². The average molecular weight is 351 g/mol. The van der Waals surface area contributed by atoms with Crippen molar-refractivity contribution in [3.05, 3.63) is 89.0 Å². The second-order valence-electron chi connectivity index (χ2n) is 5.42. The van der Waals surface area contributed by atoms with Gasteiger partial charge < -0.3 is 4.74 Å². The number of carbonyl (C=O) groups is 1. The van der Waals surface area contributed by atoms with Crippen LogP contribution in [0, 0.1) is 6.92 Å². The first-order valence-electron chi connectivity index (χ1n) is 7.80. The summed E-state index contributed by atoms with van der Waals surface area (Å²) in [5.41, 5.74) is 5.06. The highest BCUT2D eigenvalue weighted by Gasteiger charge is 2.13. The van der Waals surface area contributed by atoms with Crippen LogP contribution in [-0.4, -0.2) is 24.5 Å². The Morgan fingerprint density at radius 2 is 1.80 bits per heavy atom. The van der Waals surface area contributed by atoms with Gasteiger partial charge in [0.05, 0.1) is 23.4 Å². The van der Waals surface area contributed by atoms with E-state index in [1.807, 2.05) is 18.2 Å². The quantitative estimate of drug-likeness (QED) is 0.721. The van der Waals surface area contributed by atoms with Crippen molar-refractivity contribution >= 4 is 29.5 Å². The topological polar surface area (TPSA) is 38.7 Å². The summed E-state index contributed by atoms with van der Waals surface area (Å²) in [6.45, 7) is 9.53. The Morgan fingerprint density at radius 1 is 1.16 bits per heavy atom. The lowest BCUT2D eigenvalue weighted by atomic mass is 10.1. The van der Waals surface area contributed by atoms with Crippen LogP contribution >= 0.6 is 11.8 Å². The van der Waals surface area contributed by atoms with Gasteiger partial charge in [-0.3, -0.25) is 0 Å². The molecular weight excluding hydrogens is 330 g/mol. The molecule has 0 aliphatic carbocycles. The molecule has 0 radical (unpaired) electrons. The van der Waals surface area contributed by atoms with Gasteiger partial charge in [-0.05, 0) is 30.2 Å². The number of carbonyl (C=O) groups excluding carboxylic acids is 1. The molecule has 1 aliphatic rings. The number of nitrogens with zero attached hydrogens (tertiary/aromatic N) is 1. The highest BCUT2D eigenvalue weighted by atomic mass is 32.2. The summed E-state index contributed by atoms with van der Waals surface area (Å²) in [4.78, 5) is 15.5. The Morgan fingerprint density at radius 3 is 2.28 bits per heavy atom. The van der Waals surface area contributed by atoms with E-state index in [4.69, 9.17) is 0 Å². The van der Waals surface area contributed by atoms with Crippen molar-refractivity contribution in [1.82, 2.24) is 0 Å². The number of rotatable bonds is 3. The minimum absolute atomic E-state index is 0.321. The van der Waals surface area contributed by atoms with Gasteiger partial charge in [0.25, 0.3) is 0 Å². The molecule has 0 aromatic heterocycles. The Balaban J connectivity index is 0.000000212. The van der Waals surface area contributed by atoms with Crippen molar-refractivity contribution in [2.75, 3.05) is 12.9 Å². The first kappa shape index (κ1) is 18.7. The zero-order valence-electron chi connectivity index (χ0n) is 14.5. The highest BCUT2D eigenvalue weighted by Crippen LogP contribution is 2.25. The van der Waals surface area contributed by atoms with Crippen LogP contribution in [0.1, 0.15) is 27.0 Å². The fraction of sp³-hybridized carbons (Fsp3) is 0.143. The molecule has 3 nitrogen and oxygen atoms in total. The average Bonchev–Trinajstić information content (AvgIpc) is 3.09. The van der Waals surface area contributed by atoms with Gasteiger partial charge >= 0.3 is 5.97 Å². The summed E-state index contributed by atoms with van der Waals surface area (Å²) < 4.78 is 4.63. The van der Waals surface area contributed by atoms with Crippen molar-refractivity contribution in [3.8, 4) is 0 Å². The number of thioether (sulfide) groups is 1. The van der Waals surface area contributed by atoms with Gasteiger partial charge in [-0.15, -0.1) is 11.8 Å². The van der Waals surface area contributed by atoms with Crippen LogP contribution in [-0.2, 0) is 4.74 Å². The molecule has 0 spiro atoms. The maximum atomic E-state index is 11.2. The number of aliphatic imine (C=N–C) groups is 1. The Hall–Kier alpha value is -2.59. The monoisotopic (exact) mass is 351 g/mol. The molecule has 4 heteroatoms. The largest absolute Gasteiger partial charge is 0.465 e. The number of ether oxygens (including phenoxy) is 1. The zero-order valence-corrected chi connectivity index (χ0v) is 15.3. The van der Waals surface area contributed by atoms with E-state index in [0.29, 0.717) is 5.56 Å². The lowest BCUT2D eigenvalue weighted by Gasteiger charge is -2.01. The van der Waals surface area contributed by atoms with E-state index in [2.05, 4.69) is 54.1 Å². The molecule has 0 fully saturated rings. The normalized spacial score (nSPS) is 12.7. The molecular formula is C21H21NO2S. The van der Waals surface area contributed by atoms with Crippen molar-refractivity contribution < 1.29 is 9.53 Å². The van der Waals surface area contributed by atoms with Gasteiger partial charge in [-0.25, -0.2) is 9.79 Å². The zero-order chi connectivity index (χ0) is 18.2. The van der Waals surface area contributed by atoms with E-state index in [1.54, 1.807) is 23.9 Å². The van der Waals surface area contributed by atoms with Crippen LogP contribution in [0.25, 0.3) is 6.08 Å². The standard InChI is InChI=1S/C12H11NO2S.C9H10/c1-8-13-11(7-16-8)9-3-5-10(6-4-9)12(14)15-2;1-3-9-6-4-8(2)5-7-9/h3-6H,1,7H2,2H3;3-7H,1H2,2H3. The maximum absolute atomic E-state index is 11.2. The summed E-state index contributed by atoms with van der Waals surface area (Å²) in [6, 6.07) is 15.5. The molecule has 3 rings (SSSR count). The van der Waals surface area contributed by atoms with E-state index < -0.39 is 0 Å². The van der Waals surface area contributed by atoms with E-state index in [0.717, 1.165) is 22.1 Å². The Labute approximate surface area is 153 Å². The molecule has 0 N–H and O–H groups in total. The van der Waals surface area contributed by atoms with Crippen LogP contribution < -0.4 is 0 Å². The fourth-order valence-electron chi connectivity index (χ4n) is 2.13. The van der Waals surface area contributed by atoms with Crippen molar-refractivity contribution in [2.24, 2.45) is 4.99 Å². The molecule has 0 bridgehead atoms. The predicted octanol–water partition coefficient (Wildman–Crippen LogP) is 5.12. The van der Waals surface area contributed by atoms with Crippen LogP contribution in [0.2, 0.25) is 0 Å². The van der Waals surface area contributed by atoms with Gasteiger partial charge in [-0.2, -0.15) is 0 Å². The van der Waals surface area contributed by atoms with Gasteiger partial charge in [0, 0.05) is 5.75 Å². The van der Waals surface area contributed by atoms with Crippen LogP contribution in [0.15, 0.2) is 71.7 Å². The molecule has 0 atom stereocenters.